The summed E-state index contributed by atoms with van der Waals surface area (Å²) >= 11 is 0. The number of pyridine rings is 1. The zero-order valence-electron chi connectivity index (χ0n) is 16.5. The molecule has 29 heavy (non-hydrogen) atoms. The number of methoxy groups -OCH3 is 1. The Morgan fingerprint density at radius 3 is 2.69 bits per heavy atom. The average molecular weight is 442 g/mol. The number of nitrogens with two attached hydrogens (primary N) is 1. The molecule has 160 valence electrons. The van der Waals surface area contributed by atoms with E-state index in [1.165, 1.54) is 0 Å². The van der Waals surface area contributed by atoms with Crippen LogP contribution in [-0.2, 0) is 17.9 Å². The van der Waals surface area contributed by atoms with Crippen molar-refractivity contribution in [2.45, 2.75) is 44.9 Å². The third kappa shape index (κ3) is 7.38. The highest BCUT2D eigenvalue weighted by molar-refractivity contribution is 5.85. The van der Waals surface area contributed by atoms with Crippen molar-refractivity contribution in [3.63, 3.8) is 0 Å². The first kappa shape index (κ1) is 25.0. The Kier molecular flexibility index (Phi) is 10.8. The molecule has 3 rings (SSSR count). The van der Waals surface area contributed by atoms with E-state index in [1.54, 1.807) is 19.5 Å². The van der Waals surface area contributed by atoms with Crippen molar-refractivity contribution in [2.75, 3.05) is 7.11 Å². The maximum atomic E-state index is 12.2. The molecule has 6 nitrogen and oxygen atoms in total. The fourth-order valence-corrected chi connectivity index (χ4v) is 3.42. The molecule has 0 spiro atoms. The molecule has 2 atom stereocenters. The van der Waals surface area contributed by atoms with Crippen LogP contribution in [0.2, 0.25) is 0 Å². The molecule has 1 aliphatic rings. The van der Waals surface area contributed by atoms with Crippen molar-refractivity contribution in [3.8, 4) is 11.5 Å². The molecule has 0 radical (unpaired) electrons. The number of carbonyl (C=O) groups excluding carboxylic acids is 1. The average Bonchev–Trinajstić information content (AvgIpc) is 3.10. The van der Waals surface area contributed by atoms with E-state index in [2.05, 4.69) is 10.3 Å². The Balaban J connectivity index is 0.00000210. The highest BCUT2D eigenvalue weighted by Crippen LogP contribution is 2.29. The third-order valence-corrected chi connectivity index (χ3v) is 5.00. The second-order valence-electron chi connectivity index (χ2n) is 6.97. The van der Waals surface area contributed by atoms with Gasteiger partial charge in [-0.25, -0.2) is 0 Å². The molecule has 1 aliphatic carbocycles. The summed E-state index contributed by atoms with van der Waals surface area (Å²) in [7, 11) is 1.61. The highest BCUT2D eigenvalue weighted by atomic mass is 35.5. The molecule has 0 aliphatic heterocycles. The molecule has 1 fully saturated rings. The van der Waals surface area contributed by atoms with Crippen LogP contribution in [0.4, 0.5) is 0 Å². The van der Waals surface area contributed by atoms with Crippen LogP contribution in [0.15, 0.2) is 42.7 Å². The number of carbonyl (C=O) groups is 1. The second kappa shape index (κ2) is 12.5. The maximum Gasteiger partial charge on any atom is 0.220 e. The fourth-order valence-electron chi connectivity index (χ4n) is 3.42. The summed E-state index contributed by atoms with van der Waals surface area (Å²) in [6.07, 6.45) is 7.20. The minimum absolute atomic E-state index is 0. The molecule has 3 N–H and O–H groups in total. The quantitative estimate of drug-likeness (QED) is 0.652. The molecular formula is C21H29Cl2N3O3. The van der Waals surface area contributed by atoms with Gasteiger partial charge in [-0.05, 0) is 42.5 Å². The van der Waals surface area contributed by atoms with E-state index >= 15 is 0 Å². The smallest absolute Gasteiger partial charge is 0.220 e. The number of amides is 1. The fraction of sp³-hybridized carbons (Fsp3) is 0.429. The topological polar surface area (TPSA) is 86.5 Å². The Hall–Kier alpha value is -2.02. The minimum atomic E-state index is 0. The molecule has 1 aromatic carbocycles. The summed E-state index contributed by atoms with van der Waals surface area (Å²) in [5, 5.41) is 2.98. The van der Waals surface area contributed by atoms with E-state index in [-0.39, 0.29) is 36.8 Å². The molecule has 0 bridgehead atoms. The Morgan fingerprint density at radius 2 is 2.03 bits per heavy atom. The lowest BCUT2D eigenvalue weighted by molar-refractivity contribution is -0.122. The molecular weight excluding hydrogens is 413 g/mol. The lowest BCUT2D eigenvalue weighted by Gasteiger charge is -2.15. The number of ether oxygens (including phenoxy) is 2. The second-order valence-corrected chi connectivity index (χ2v) is 6.97. The largest absolute Gasteiger partial charge is 0.493 e. The predicted molar refractivity (Wildman–Crippen MR) is 118 cm³/mol. The van der Waals surface area contributed by atoms with Crippen LogP contribution in [0.1, 0.15) is 36.8 Å². The van der Waals surface area contributed by atoms with Crippen LogP contribution in [0.3, 0.4) is 0 Å². The van der Waals surface area contributed by atoms with Crippen molar-refractivity contribution in [3.05, 3.63) is 53.9 Å². The van der Waals surface area contributed by atoms with Gasteiger partial charge in [-0.1, -0.05) is 18.6 Å². The van der Waals surface area contributed by atoms with Gasteiger partial charge in [-0.2, -0.15) is 0 Å². The Labute approximate surface area is 184 Å². The molecule has 0 unspecified atom stereocenters. The van der Waals surface area contributed by atoms with Gasteiger partial charge in [0.15, 0.2) is 11.5 Å². The maximum absolute atomic E-state index is 12.2. The predicted octanol–water partition coefficient (Wildman–Crippen LogP) is 3.65. The molecule has 1 saturated carbocycles. The number of rotatable bonds is 8. The summed E-state index contributed by atoms with van der Waals surface area (Å²) in [4.78, 5) is 16.2. The SMILES string of the molecule is COc1cc(CNC(=O)C[C@@H]2CCC[C@H]2N)ccc1OCc1cccnc1.Cl.Cl. The summed E-state index contributed by atoms with van der Waals surface area (Å²) in [5.41, 5.74) is 7.99. The van der Waals surface area contributed by atoms with Crippen molar-refractivity contribution in [2.24, 2.45) is 11.7 Å². The van der Waals surface area contributed by atoms with Crippen LogP contribution >= 0.6 is 24.8 Å². The summed E-state index contributed by atoms with van der Waals surface area (Å²) in [5.74, 6) is 1.66. The molecule has 8 heteroatoms. The number of hydrogen-bond acceptors (Lipinski definition) is 5. The van der Waals surface area contributed by atoms with E-state index in [9.17, 15) is 4.79 Å². The van der Waals surface area contributed by atoms with Gasteiger partial charge in [0.25, 0.3) is 0 Å². The van der Waals surface area contributed by atoms with Gasteiger partial charge in [0, 0.05) is 37.0 Å². The van der Waals surface area contributed by atoms with Gasteiger partial charge in [0.05, 0.1) is 7.11 Å². The van der Waals surface area contributed by atoms with E-state index in [0.717, 1.165) is 30.4 Å². The zero-order chi connectivity index (χ0) is 19.1. The van der Waals surface area contributed by atoms with Crippen molar-refractivity contribution >= 4 is 30.7 Å². The first-order valence-corrected chi connectivity index (χ1v) is 9.36. The van der Waals surface area contributed by atoms with E-state index in [1.807, 2.05) is 30.3 Å². The molecule has 0 saturated heterocycles. The lowest BCUT2D eigenvalue weighted by atomic mass is 10.00. The van der Waals surface area contributed by atoms with E-state index in [4.69, 9.17) is 15.2 Å². The van der Waals surface area contributed by atoms with Crippen molar-refractivity contribution < 1.29 is 14.3 Å². The Bertz CT molecular complexity index is 762. The highest BCUT2D eigenvalue weighted by Gasteiger charge is 2.25. The summed E-state index contributed by atoms with van der Waals surface area (Å²) in [6.45, 7) is 0.877. The van der Waals surface area contributed by atoms with Gasteiger partial charge in [0.1, 0.15) is 6.61 Å². The number of halogens is 2. The van der Waals surface area contributed by atoms with Gasteiger partial charge >= 0.3 is 0 Å². The standard InChI is InChI=1S/C21H27N3O3.2ClH/c1-26-20-10-15(13-24-21(25)11-17-5-2-6-18(17)22)7-8-19(20)27-14-16-4-3-9-23-12-16;;/h3-4,7-10,12,17-18H,2,5-6,11,13-14,22H2,1H3,(H,24,25);2*1H/t17-,18+;;/m0../s1. The molecule has 2 aromatic rings. The molecule has 1 heterocycles. The van der Waals surface area contributed by atoms with E-state index < -0.39 is 0 Å². The first-order chi connectivity index (χ1) is 13.2. The number of benzene rings is 1. The lowest BCUT2D eigenvalue weighted by Crippen LogP contribution is -2.31. The van der Waals surface area contributed by atoms with Crippen LogP contribution < -0.4 is 20.5 Å². The zero-order valence-corrected chi connectivity index (χ0v) is 18.1. The van der Waals surface area contributed by atoms with Crippen LogP contribution in [0.5, 0.6) is 11.5 Å². The van der Waals surface area contributed by atoms with Gasteiger partial charge in [-0.15, -0.1) is 24.8 Å². The summed E-state index contributed by atoms with van der Waals surface area (Å²) < 4.78 is 11.3. The Morgan fingerprint density at radius 1 is 1.21 bits per heavy atom. The van der Waals surface area contributed by atoms with Gasteiger partial charge < -0.3 is 20.5 Å². The normalized spacial score (nSPS) is 17.6. The number of nitrogens with one attached hydrogen (secondary N) is 1. The van der Waals surface area contributed by atoms with Crippen molar-refractivity contribution in [1.82, 2.24) is 10.3 Å². The van der Waals surface area contributed by atoms with Crippen molar-refractivity contribution in [1.29, 1.82) is 0 Å². The first-order valence-electron chi connectivity index (χ1n) is 9.36. The molecule has 1 aromatic heterocycles. The number of aromatic nitrogens is 1. The number of hydrogen-bond donors (Lipinski definition) is 2. The van der Waals surface area contributed by atoms with Gasteiger partial charge in [-0.3, -0.25) is 9.78 Å². The van der Waals surface area contributed by atoms with Crippen LogP contribution in [0.25, 0.3) is 0 Å². The number of nitrogens with zero attached hydrogens (tertiary/aromatic N) is 1. The minimum Gasteiger partial charge on any atom is -0.493 e. The monoisotopic (exact) mass is 441 g/mol. The van der Waals surface area contributed by atoms with Crippen LogP contribution in [0, 0.1) is 5.92 Å². The van der Waals surface area contributed by atoms with Crippen LogP contribution in [-0.4, -0.2) is 24.0 Å². The molecule has 1 amide bonds. The van der Waals surface area contributed by atoms with E-state index in [0.29, 0.717) is 37.0 Å². The third-order valence-electron chi connectivity index (χ3n) is 5.00. The summed E-state index contributed by atoms with van der Waals surface area (Å²) in [6, 6.07) is 9.68. The van der Waals surface area contributed by atoms with Gasteiger partial charge in [0.2, 0.25) is 5.91 Å².